The van der Waals surface area contributed by atoms with Crippen LogP contribution in [-0.4, -0.2) is 28.9 Å². The van der Waals surface area contributed by atoms with Crippen molar-refractivity contribution in [1.29, 1.82) is 0 Å². The number of rotatable bonds is 0. The van der Waals surface area contributed by atoms with E-state index in [1.54, 1.807) is 12.5 Å². The number of hydrogen-bond acceptors (Lipinski definition) is 2. The van der Waals surface area contributed by atoms with E-state index in [0.29, 0.717) is 0 Å². The van der Waals surface area contributed by atoms with Crippen LogP contribution in [0.25, 0.3) is 11.1 Å². The van der Waals surface area contributed by atoms with E-state index in [4.69, 9.17) is 4.42 Å². The van der Waals surface area contributed by atoms with Crippen molar-refractivity contribution in [3.63, 3.8) is 0 Å². The van der Waals surface area contributed by atoms with E-state index >= 15 is 0 Å². The number of fused-ring (bicyclic) bond motifs is 1. The van der Waals surface area contributed by atoms with Gasteiger partial charge in [-0.25, -0.2) is 0 Å². The molecule has 2 aromatic rings. The number of furan rings is 1. The van der Waals surface area contributed by atoms with Gasteiger partial charge in [0.05, 0.1) is 6.26 Å². The molecule has 0 atom stereocenters. The Morgan fingerprint density at radius 1 is 1.30 bits per heavy atom. The summed E-state index contributed by atoms with van der Waals surface area (Å²) in [7, 11) is 0. The van der Waals surface area contributed by atoms with Crippen LogP contribution in [0.2, 0.25) is 0 Å². The van der Waals surface area contributed by atoms with Gasteiger partial charge in [-0.05, 0) is 12.1 Å². The molecule has 0 bridgehead atoms. The molecular formula is C7H9NOSn. The van der Waals surface area contributed by atoms with Gasteiger partial charge in [-0.1, -0.05) is 0 Å². The van der Waals surface area contributed by atoms with Crippen LogP contribution in [-0.2, 0) is 0 Å². The first kappa shape index (κ1) is 7.59. The Hall–Kier alpha value is -0.511. The second-order valence-electron chi connectivity index (χ2n) is 1.81. The first-order valence-electron chi connectivity index (χ1n) is 2.75. The van der Waals surface area contributed by atoms with Gasteiger partial charge in [0.1, 0.15) is 5.52 Å². The molecule has 0 spiro atoms. The third-order valence-electron chi connectivity index (χ3n) is 1.22. The number of hydrogen-bond donors (Lipinski definition) is 0. The topological polar surface area (TPSA) is 26.0 Å². The summed E-state index contributed by atoms with van der Waals surface area (Å²) in [6.07, 6.45) is 3.38. The Balaban J connectivity index is 0.000000500. The average Bonchev–Trinajstić information content (AvgIpc) is 2.33. The van der Waals surface area contributed by atoms with Gasteiger partial charge in [0.2, 0.25) is 0 Å². The molecule has 2 heterocycles. The zero-order valence-corrected chi connectivity index (χ0v) is 4.74. The van der Waals surface area contributed by atoms with Gasteiger partial charge in [-0.15, -0.1) is 0 Å². The van der Waals surface area contributed by atoms with Crippen LogP contribution in [0.5, 0.6) is 0 Å². The zero-order valence-electron chi connectivity index (χ0n) is 4.74. The molecule has 52 valence electrons. The molecule has 0 aromatic carbocycles. The Morgan fingerprint density at radius 3 is 3.00 bits per heavy atom. The summed E-state index contributed by atoms with van der Waals surface area (Å²) in [5.74, 6) is 0. The summed E-state index contributed by atoms with van der Waals surface area (Å²) < 4.78 is 5.06. The quantitative estimate of drug-likeness (QED) is 0.624. The van der Waals surface area contributed by atoms with Gasteiger partial charge in [0.25, 0.3) is 0 Å². The maximum Gasteiger partial charge on any atom is 0.152 e. The Labute approximate surface area is 75.2 Å². The molecule has 10 heavy (non-hydrogen) atoms. The minimum atomic E-state index is 0. The van der Waals surface area contributed by atoms with Gasteiger partial charge in [-0.2, -0.15) is 0 Å². The van der Waals surface area contributed by atoms with E-state index in [2.05, 4.69) is 4.98 Å². The largest absolute Gasteiger partial charge is 0.463 e. The molecule has 0 fully saturated rings. The van der Waals surface area contributed by atoms with E-state index in [1.807, 2.05) is 18.2 Å². The van der Waals surface area contributed by atoms with Crippen molar-refractivity contribution in [3.05, 3.63) is 30.7 Å². The first-order chi connectivity index (χ1) is 4.47. The van der Waals surface area contributed by atoms with Crippen LogP contribution in [0, 0.1) is 0 Å². The molecule has 2 nitrogen and oxygen atoms in total. The predicted octanol–water partition coefficient (Wildman–Crippen LogP) is 0.376. The third-order valence-corrected chi connectivity index (χ3v) is 1.22. The smallest absolute Gasteiger partial charge is 0.152 e. The van der Waals surface area contributed by atoms with Crippen molar-refractivity contribution in [1.82, 2.24) is 4.98 Å². The molecule has 0 saturated carbocycles. The Morgan fingerprint density at radius 2 is 2.20 bits per heavy atom. The van der Waals surface area contributed by atoms with E-state index in [-0.39, 0.29) is 23.9 Å². The molecule has 0 saturated heterocycles. The molecular weight excluding hydrogens is 233 g/mol. The van der Waals surface area contributed by atoms with Crippen LogP contribution in [0.15, 0.2) is 35.1 Å². The number of aromatic nitrogens is 1. The standard InChI is InChI=1S/C7H5NO.Sn.4H/c1-2-7-6(8-4-1)3-5-9-7;;;;;/h1-5H;;;;;. The average molecular weight is 242 g/mol. The molecule has 0 amide bonds. The summed E-state index contributed by atoms with van der Waals surface area (Å²) in [5, 5.41) is 0. The molecule has 0 aliphatic carbocycles. The third kappa shape index (κ3) is 1.16. The van der Waals surface area contributed by atoms with Gasteiger partial charge in [0, 0.05) is 12.3 Å². The van der Waals surface area contributed by atoms with Crippen molar-refractivity contribution in [2.24, 2.45) is 0 Å². The van der Waals surface area contributed by atoms with Crippen LogP contribution in [0.3, 0.4) is 0 Å². The molecule has 2 rings (SSSR count). The minimum Gasteiger partial charge on any atom is -0.463 e. The van der Waals surface area contributed by atoms with Crippen molar-refractivity contribution < 1.29 is 4.42 Å². The monoisotopic (exact) mass is 243 g/mol. The minimum absolute atomic E-state index is 0. The molecule has 3 heteroatoms. The molecule has 0 aliphatic rings. The maximum atomic E-state index is 5.06. The van der Waals surface area contributed by atoms with Crippen LogP contribution >= 0.6 is 0 Å². The van der Waals surface area contributed by atoms with Crippen molar-refractivity contribution in [3.8, 4) is 0 Å². The first-order valence-corrected chi connectivity index (χ1v) is 2.75. The van der Waals surface area contributed by atoms with E-state index in [9.17, 15) is 0 Å². The predicted molar refractivity (Wildman–Crippen MR) is 45.3 cm³/mol. The van der Waals surface area contributed by atoms with E-state index in [1.165, 1.54) is 0 Å². The van der Waals surface area contributed by atoms with E-state index < -0.39 is 0 Å². The van der Waals surface area contributed by atoms with Crippen molar-refractivity contribution >= 4 is 35.0 Å². The zero-order chi connectivity index (χ0) is 6.10. The summed E-state index contributed by atoms with van der Waals surface area (Å²) in [5.41, 5.74) is 1.76. The molecule has 0 unspecified atom stereocenters. The van der Waals surface area contributed by atoms with Gasteiger partial charge >= 0.3 is 23.9 Å². The fourth-order valence-electron chi connectivity index (χ4n) is 0.799. The molecule has 2 aromatic heterocycles. The summed E-state index contributed by atoms with van der Waals surface area (Å²) in [4.78, 5) is 4.05. The number of nitrogens with zero attached hydrogens (tertiary/aromatic N) is 1. The fraction of sp³-hybridized carbons (Fsp3) is 0. The molecule has 0 radical (unpaired) electrons. The van der Waals surface area contributed by atoms with Crippen LogP contribution < -0.4 is 0 Å². The fourth-order valence-corrected chi connectivity index (χ4v) is 0.799. The number of pyridine rings is 1. The van der Waals surface area contributed by atoms with Gasteiger partial charge in [0.15, 0.2) is 5.58 Å². The summed E-state index contributed by atoms with van der Waals surface area (Å²) in [6.45, 7) is 0. The van der Waals surface area contributed by atoms with Crippen LogP contribution in [0.4, 0.5) is 0 Å². The van der Waals surface area contributed by atoms with Gasteiger partial charge in [-0.3, -0.25) is 4.98 Å². The van der Waals surface area contributed by atoms with E-state index in [0.717, 1.165) is 11.1 Å². The van der Waals surface area contributed by atoms with Crippen molar-refractivity contribution in [2.75, 3.05) is 0 Å². The second-order valence-corrected chi connectivity index (χ2v) is 1.81. The van der Waals surface area contributed by atoms with Gasteiger partial charge < -0.3 is 4.42 Å². The Bertz CT molecular complexity index is 288. The summed E-state index contributed by atoms with van der Waals surface area (Å²) in [6, 6.07) is 5.59. The molecule has 0 aliphatic heterocycles. The Kier molecular flexibility index (Phi) is 2.32. The SMILES string of the molecule is [SnH4].c1cnc2ccoc2c1. The maximum absolute atomic E-state index is 5.06. The van der Waals surface area contributed by atoms with Crippen LogP contribution in [0.1, 0.15) is 0 Å². The normalized spacial score (nSPS) is 9.20. The molecule has 0 N–H and O–H groups in total. The second kappa shape index (κ2) is 3.05. The summed E-state index contributed by atoms with van der Waals surface area (Å²) >= 11 is 0. The van der Waals surface area contributed by atoms with Crippen molar-refractivity contribution in [2.45, 2.75) is 0 Å².